The zero-order valence-electron chi connectivity index (χ0n) is 11.4. The number of para-hydroxylation sites is 2. The zero-order chi connectivity index (χ0) is 12.5. The minimum absolute atomic E-state index is 0.986. The Kier molecular flexibility index (Phi) is 6.53. The number of unbranched alkanes of at least 4 members (excludes halogenated alkanes) is 2. The predicted molar refractivity (Wildman–Crippen MR) is 75.0 cm³/mol. The van der Waals surface area contributed by atoms with Gasteiger partial charge in [0.25, 0.3) is 0 Å². The van der Waals surface area contributed by atoms with Crippen LogP contribution in [0.3, 0.4) is 0 Å². The molecule has 0 bridgehead atoms. The second kappa shape index (κ2) is 7.99. The topological polar surface area (TPSA) is 12.5 Å². The van der Waals surface area contributed by atoms with Gasteiger partial charge >= 0.3 is 0 Å². The number of nitrogens with zero attached hydrogens (tertiary/aromatic N) is 1. The van der Waals surface area contributed by atoms with Crippen molar-refractivity contribution in [2.75, 3.05) is 25.1 Å². The molecule has 0 heterocycles. The molecule has 0 N–H and O–H groups in total. The minimum atomic E-state index is 0.986. The van der Waals surface area contributed by atoms with Crippen LogP contribution in [0.2, 0.25) is 0 Å². The third-order valence-corrected chi connectivity index (χ3v) is 2.99. The molecule has 0 amide bonds. The van der Waals surface area contributed by atoms with E-state index in [4.69, 9.17) is 4.74 Å². The highest BCUT2D eigenvalue weighted by atomic mass is 16.5. The van der Waals surface area contributed by atoms with Crippen molar-refractivity contribution >= 4 is 5.69 Å². The normalized spacial score (nSPS) is 10.3. The molecule has 0 saturated carbocycles. The van der Waals surface area contributed by atoms with Crippen molar-refractivity contribution in [3.05, 3.63) is 24.3 Å². The number of hydrogen-bond acceptors (Lipinski definition) is 2. The van der Waals surface area contributed by atoms with E-state index in [9.17, 15) is 0 Å². The first-order chi connectivity index (χ1) is 8.33. The van der Waals surface area contributed by atoms with Crippen molar-refractivity contribution in [2.24, 2.45) is 0 Å². The predicted octanol–water partition coefficient (Wildman–Crippen LogP) is 4.10. The summed E-state index contributed by atoms with van der Waals surface area (Å²) in [6.07, 6.45) is 4.94. The van der Waals surface area contributed by atoms with E-state index in [2.05, 4.69) is 30.9 Å². The molecule has 0 aliphatic carbocycles. The molecule has 0 atom stereocenters. The first kappa shape index (κ1) is 13.9. The summed E-state index contributed by atoms with van der Waals surface area (Å²) in [5, 5.41) is 0. The molecular formula is C15H25NO. The van der Waals surface area contributed by atoms with Gasteiger partial charge in [-0.2, -0.15) is 0 Å². The fourth-order valence-electron chi connectivity index (χ4n) is 1.94. The van der Waals surface area contributed by atoms with Gasteiger partial charge < -0.3 is 9.64 Å². The van der Waals surface area contributed by atoms with Crippen LogP contribution in [0.15, 0.2) is 24.3 Å². The Labute approximate surface area is 106 Å². The highest BCUT2D eigenvalue weighted by Gasteiger charge is 2.10. The van der Waals surface area contributed by atoms with E-state index in [-0.39, 0.29) is 0 Å². The number of ether oxygens (including phenoxy) is 1. The third-order valence-electron chi connectivity index (χ3n) is 2.99. The van der Waals surface area contributed by atoms with Crippen LogP contribution in [-0.4, -0.2) is 20.2 Å². The monoisotopic (exact) mass is 235 g/mol. The minimum Gasteiger partial charge on any atom is -0.495 e. The van der Waals surface area contributed by atoms with Gasteiger partial charge in [-0.15, -0.1) is 0 Å². The van der Waals surface area contributed by atoms with Gasteiger partial charge in [-0.3, -0.25) is 0 Å². The molecule has 1 rings (SSSR count). The molecule has 0 fully saturated rings. The highest BCUT2D eigenvalue weighted by molar-refractivity contribution is 5.58. The molecule has 0 aliphatic heterocycles. The lowest BCUT2D eigenvalue weighted by molar-refractivity contribution is 0.414. The quantitative estimate of drug-likeness (QED) is 0.672. The number of rotatable bonds is 8. The molecular weight excluding hydrogens is 210 g/mol. The van der Waals surface area contributed by atoms with Crippen molar-refractivity contribution in [3.8, 4) is 5.75 Å². The maximum absolute atomic E-state index is 5.44. The van der Waals surface area contributed by atoms with Crippen LogP contribution in [0.5, 0.6) is 5.75 Å². The second-order valence-electron chi connectivity index (χ2n) is 4.37. The van der Waals surface area contributed by atoms with E-state index in [1.807, 2.05) is 12.1 Å². The summed E-state index contributed by atoms with van der Waals surface area (Å²) in [4.78, 5) is 2.45. The second-order valence-corrected chi connectivity index (χ2v) is 4.37. The molecule has 1 aromatic carbocycles. The van der Waals surface area contributed by atoms with Crippen molar-refractivity contribution in [1.82, 2.24) is 0 Å². The van der Waals surface area contributed by atoms with Crippen LogP contribution in [0, 0.1) is 0 Å². The van der Waals surface area contributed by atoms with Crippen molar-refractivity contribution in [2.45, 2.75) is 39.5 Å². The average molecular weight is 235 g/mol. The first-order valence-corrected chi connectivity index (χ1v) is 6.71. The van der Waals surface area contributed by atoms with Gasteiger partial charge in [0.15, 0.2) is 0 Å². The zero-order valence-corrected chi connectivity index (χ0v) is 11.4. The Morgan fingerprint density at radius 3 is 2.12 bits per heavy atom. The molecule has 2 nitrogen and oxygen atoms in total. The number of methoxy groups -OCH3 is 1. The molecule has 0 aliphatic rings. The average Bonchev–Trinajstić information content (AvgIpc) is 2.39. The lowest BCUT2D eigenvalue weighted by Gasteiger charge is -2.26. The molecule has 96 valence electrons. The van der Waals surface area contributed by atoms with Crippen LogP contribution in [0.4, 0.5) is 5.69 Å². The van der Waals surface area contributed by atoms with Gasteiger partial charge in [-0.1, -0.05) is 38.8 Å². The summed E-state index contributed by atoms with van der Waals surface area (Å²) in [5.74, 6) is 0.986. The number of anilines is 1. The maximum Gasteiger partial charge on any atom is 0.142 e. The Morgan fingerprint density at radius 1 is 1.00 bits per heavy atom. The van der Waals surface area contributed by atoms with E-state index in [0.29, 0.717) is 0 Å². The van der Waals surface area contributed by atoms with Gasteiger partial charge in [0.1, 0.15) is 5.75 Å². The molecule has 0 saturated heterocycles. The summed E-state index contributed by atoms with van der Waals surface area (Å²) in [6, 6.07) is 8.31. The molecule has 17 heavy (non-hydrogen) atoms. The van der Waals surface area contributed by atoms with Crippen LogP contribution < -0.4 is 9.64 Å². The van der Waals surface area contributed by atoms with Crippen molar-refractivity contribution in [1.29, 1.82) is 0 Å². The van der Waals surface area contributed by atoms with Crippen LogP contribution in [-0.2, 0) is 0 Å². The fourth-order valence-corrected chi connectivity index (χ4v) is 1.94. The van der Waals surface area contributed by atoms with Gasteiger partial charge in [0.2, 0.25) is 0 Å². The maximum atomic E-state index is 5.44. The van der Waals surface area contributed by atoms with E-state index in [1.54, 1.807) is 7.11 Å². The van der Waals surface area contributed by atoms with Gasteiger partial charge in [-0.25, -0.2) is 0 Å². The molecule has 0 unspecified atom stereocenters. The number of hydrogen-bond donors (Lipinski definition) is 0. The smallest absolute Gasteiger partial charge is 0.142 e. The van der Waals surface area contributed by atoms with E-state index < -0.39 is 0 Å². The lowest BCUT2D eigenvalue weighted by atomic mass is 10.2. The largest absolute Gasteiger partial charge is 0.495 e. The summed E-state index contributed by atoms with van der Waals surface area (Å²) in [7, 11) is 1.75. The standard InChI is InChI=1S/C15H25NO/c1-4-6-12-16(13-7-5-2)14-10-8-9-11-15(14)17-3/h8-11H,4-7,12-13H2,1-3H3. The Morgan fingerprint density at radius 2 is 1.59 bits per heavy atom. The van der Waals surface area contributed by atoms with Crippen LogP contribution >= 0.6 is 0 Å². The molecule has 1 aromatic rings. The van der Waals surface area contributed by atoms with Gasteiger partial charge in [0.05, 0.1) is 12.8 Å². The highest BCUT2D eigenvalue weighted by Crippen LogP contribution is 2.28. The van der Waals surface area contributed by atoms with E-state index in [0.717, 1.165) is 18.8 Å². The van der Waals surface area contributed by atoms with Crippen molar-refractivity contribution < 1.29 is 4.74 Å². The van der Waals surface area contributed by atoms with Gasteiger partial charge in [0, 0.05) is 13.1 Å². The van der Waals surface area contributed by atoms with Crippen LogP contribution in [0.25, 0.3) is 0 Å². The summed E-state index contributed by atoms with van der Waals surface area (Å²) < 4.78 is 5.44. The number of benzene rings is 1. The lowest BCUT2D eigenvalue weighted by Crippen LogP contribution is -2.26. The summed E-state index contributed by atoms with van der Waals surface area (Å²) in [5.41, 5.74) is 1.23. The Hall–Kier alpha value is -1.18. The van der Waals surface area contributed by atoms with E-state index in [1.165, 1.54) is 31.4 Å². The first-order valence-electron chi connectivity index (χ1n) is 6.71. The van der Waals surface area contributed by atoms with Crippen LogP contribution in [0.1, 0.15) is 39.5 Å². The molecule has 0 aromatic heterocycles. The van der Waals surface area contributed by atoms with E-state index >= 15 is 0 Å². The van der Waals surface area contributed by atoms with Crippen molar-refractivity contribution in [3.63, 3.8) is 0 Å². The molecule has 0 radical (unpaired) electrons. The molecule has 0 spiro atoms. The molecule has 2 heteroatoms. The fraction of sp³-hybridized carbons (Fsp3) is 0.600. The SMILES string of the molecule is CCCCN(CCCC)c1ccccc1OC. The third kappa shape index (κ3) is 4.29. The Balaban J connectivity index is 2.78. The Bertz CT molecular complexity index is 304. The van der Waals surface area contributed by atoms with Gasteiger partial charge in [-0.05, 0) is 25.0 Å². The summed E-state index contributed by atoms with van der Waals surface area (Å²) >= 11 is 0. The summed E-state index contributed by atoms with van der Waals surface area (Å²) in [6.45, 7) is 6.72.